The summed E-state index contributed by atoms with van der Waals surface area (Å²) in [7, 11) is 0. The van der Waals surface area contributed by atoms with E-state index in [-0.39, 0.29) is 24.2 Å². The Bertz CT molecular complexity index is 1100. The van der Waals surface area contributed by atoms with Crippen molar-refractivity contribution in [3.63, 3.8) is 0 Å². The molecule has 0 saturated heterocycles. The van der Waals surface area contributed by atoms with Gasteiger partial charge in [0.2, 0.25) is 11.7 Å². The number of carbonyl (C=O) groups excluding carboxylic acids is 1. The van der Waals surface area contributed by atoms with Crippen molar-refractivity contribution < 1.29 is 13.7 Å². The van der Waals surface area contributed by atoms with Crippen LogP contribution in [0.25, 0.3) is 23.0 Å². The van der Waals surface area contributed by atoms with Crippen LogP contribution in [0.3, 0.4) is 0 Å². The molecule has 7 heteroatoms. The summed E-state index contributed by atoms with van der Waals surface area (Å²) in [6.07, 6.45) is 1.77. The summed E-state index contributed by atoms with van der Waals surface area (Å²) in [5.41, 5.74) is 3.13. The van der Waals surface area contributed by atoms with E-state index in [4.69, 9.17) is 4.52 Å². The minimum absolute atomic E-state index is 0.102. The van der Waals surface area contributed by atoms with Crippen molar-refractivity contribution >= 4 is 11.6 Å². The summed E-state index contributed by atoms with van der Waals surface area (Å²) >= 11 is 0. The highest BCUT2D eigenvalue weighted by Crippen LogP contribution is 2.23. The molecule has 0 unspecified atom stereocenters. The maximum atomic E-state index is 13.1. The molecule has 4 aromatic rings. The third-order valence-corrected chi connectivity index (χ3v) is 4.23. The maximum absolute atomic E-state index is 13.1. The Morgan fingerprint density at radius 1 is 1.11 bits per heavy atom. The first-order chi connectivity index (χ1) is 13.6. The minimum atomic E-state index is -0.332. The smallest absolute Gasteiger partial charge is 0.274 e. The first-order valence-corrected chi connectivity index (χ1v) is 8.70. The molecule has 140 valence electrons. The van der Waals surface area contributed by atoms with E-state index >= 15 is 0 Å². The number of amides is 1. The number of anilines is 1. The summed E-state index contributed by atoms with van der Waals surface area (Å²) in [5, 5.41) is 6.81. The lowest BCUT2D eigenvalue weighted by Gasteiger charge is -2.08. The Hall–Kier alpha value is -3.74. The lowest BCUT2D eigenvalue weighted by Crippen LogP contribution is -2.18. The zero-order valence-electron chi connectivity index (χ0n) is 15.1. The van der Waals surface area contributed by atoms with Gasteiger partial charge in [-0.2, -0.15) is 4.98 Å². The SMILES string of the molecule is Cc1ccc(NC(=O)Cn2cccc2-c2nc(-c3ccc(F)cc3)no2)cc1. The van der Waals surface area contributed by atoms with Crippen molar-refractivity contribution in [1.29, 1.82) is 0 Å². The fourth-order valence-electron chi connectivity index (χ4n) is 2.78. The van der Waals surface area contributed by atoms with E-state index in [1.807, 2.05) is 31.2 Å². The quantitative estimate of drug-likeness (QED) is 0.564. The molecule has 0 aliphatic carbocycles. The molecule has 0 aliphatic heterocycles. The molecule has 2 aromatic heterocycles. The van der Waals surface area contributed by atoms with Crippen LogP contribution in [-0.4, -0.2) is 20.6 Å². The van der Waals surface area contributed by atoms with Crippen LogP contribution in [0, 0.1) is 12.7 Å². The van der Waals surface area contributed by atoms with Crippen LogP contribution in [0.2, 0.25) is 0 Å². The fraction of sp³-hybridized carbons (Fsp3) is 0.0952. The van der Waals surface area contributed by atoms with Crippen molar-refractivity contribution in [2.45, 2.75) is 13.5 Å². The Balaban J connectivity index is 1.50. The Morgan fingerprint density at radius 3 is 2.61 bits per heavy atom. The molecule has 2 aromatic carbocycles. The zero-order chi connectivity index (χ0) is 19.5. The Morgan fingerprint density at radius 2 is 1.86 bits per heavy atom. The Kier molecular flexibility index (Phi) is 4.72. The van der Waals surface area contributed by atoms with E-state index in [2.05, 4.69) is 15.5 Å². The van der Waals surface area contributed by atoms with E-state index in [1.54, 1.807) is 35.0 Å². The van der Waals surface area contributed by atoms with E-state index in [0.717, 1.165) is 11.3 Å². The molecule has 0 aliphatic rings. The molecule has 0 atom stereocenters. The number of aromatic nitrogens is 3. The molecular weight excluding hydrogens is 359 g/mol. The molecule has 2 heterocycles. The van der Waals surface area contributed by atoms with Gasteiger partial charge in [-0.1, -0.05) is 22.9 Å². The number of hydrogen-bond donors (Lipinski definition) is 1. The average Bonchev–Trinajstić information content (AvgIpc) is 3.33. The second-order valence-corrected chi connectivity index (χ2v) is 6.37. The van der Waals surface area contributed by atoms with Gasteiger partial charge in [0.15, 0.2) is 0 Å². The molecule has 6 nitrogen and oxygen atoms in total. The molecule has 0 saturated carbocycles. The average molecular weight is 376 g/mol. The number of hydrogen-bond acceptors (Lipinski definition) is 4. The van der Waals surface area contributed by atoms with E-state index in [1.165, 1.54) is 12.1 Å². The van der Waals surface area contributed by atoms with Crippen molar-refractivity contribution in [1.82, 2.24) is 14.7 Å². The van der Waals surface area contributed by atoms with Crippen LogP contribution in [0.15, 0.2) is 71.4 Å². The second-order valence-electron chi connectivity index (χ2n) is 6.37. The van der Waals surface area contributed by atoms with Gasteiger partial charge in [0.1, 0.15) is 18.1 Å². The van der Waals surface area contributed by atoms with Gasteiger partial charge in [-0.05, 0) is 55.5 Å². The predicted octanol–water partition coefficient (Wildman–Crippen LogP) is 4.29. The second kappa shape index (κ2) is 7.48. The largest absolute Gasteiger partial charge is 0.334 e. The van der Waals surface area contributed by atoms with Gasteiger partial charge in [-0.15, -0.1) is 0 Å². The monoisotopic (exact) mass is 376 g/mol. The standard InChI is InChI=1S/C21H17FN4O2/c1-14-4-10-17(11-5-14)23-19(27)13-26-12-2-3-18(26)21-24-20(25-28-21)15-6-8-16(22)9-7-15/h2-12H,13H2,1H3,(H,23,27). The normalized spacial score (nSPS) is 10.8. The number of rotatable bonds is 5. The highest BCUT2D eigenvalue weighted by atomic mass is 19.1. The maximum Gasteiger partial charge on any atom is 0.274 e. The third-order valence-electron chi connectivity index (χ3n) is 4.23. The number of nitrogens with one attached hydrogen (secondary N) is 1. The number of aryl methyl sites for hydroxylation is 1. The molecule has 1 amide bonds. The number of benzene rings is 2. The van der Waals surface area contributed by atoms with Crippen molar-refractivity contribution in [3.8, 4) is 23.0 Å². The summed E-state index contributed by atoms with van der Waals surface area (Å²) < 4.78 is 20.1. The highest BCUT2D eigenvalue weighted by molar-refractivity contribution is 5.90. The number of nitrogens with zero attached hydrogens (tertiary/aromatic N) is 3. The molecule has 1 N–H and O–H groups in total. The van der Waals surface area contributed by atoms with Gasteiger partial charge < -0.3 is 14.4 Å². The van der Waals surface area contributed by atoms with Crippen LogP contribution < -0.4 is 5.32 Å². The fourth-order valence-corrected chi connectivity index (χ4v) is 2.78. The summed E-state index contributed by atoms with van der Waals surface area (Å²) in [6, 6.07) is 17.0. The summed E-state index contributed by atoms with van der Waals surface area (Å²) in [4.78, 5) is 16.7. The van der Waals surface area contributed by atoms with Crippen molar-refractivity contribution in [2.75, 3.05) is 5.32 Å². The molecule has 0 spiro atoms. The van der Waals surface area contributed by atoms with Crippen LogP contribution in [0.4, 0.5) is 10.1 Å². The van der Waals surface area contributed by atoms with Gasteiger partial charge in [-0.3, -0.25) is 4.79 Å². The molecule has 28 heavy (non-hydrogen) atoms. The minimum Gasteiger partial charge on any atom is -0.334 e. The zero-order valence-corrected chi connectivity index (χ0v) is 15.1. The molecule has 0 radical (unpaired) electrons. The molecular formula is C21H17FN4O2. The van der Waals surface area contributed by atoms with Gasteiger partial charge in [0, 0.05) is 17.4 Å². The molecule has 0 bridgehead atoms. The van der Waals surface area contributed by atoms with Crippen LogP contribution in [0.1, 0.15) is 5.56 Å². The topological polar surface area (TPSA) is 73.0 Å². The van der Waals surface area contributed by atoms with E-state index in [0.29, 0.717) is 17.1 Å². The highest BCUT2D eigenvalue weighted by Gasteiger charge is 2.15. The van der Waals surface area contributed by atoms with Crippen LogP contribution >= 0.6 is 0 Å². The van der Waals surface area contributed by atoms with E-state index < -0.39 is 0 Å². The first-order valence-electron chi connectivity index (χ1n) is 8.70. The Labute approximate surface area is 160 Å². The third kappa shape index (κ3) is 3.83. The lowest BCUT2D eigenvalue weighted by atomic mass is 10.2. The van der Waals surface area contributed by atoms with E-state index in [9.17, 15) is 9.18 Å². The van der Waals surface area contributed by atoms with Gasteiger partial charge in [-0.25, -0.2) is 4.39 Å². The van der Waals surface area contributed by atoms with Crippen molar-refractivity contribution in [3.05, 3.63) is 78.2 Å². The predicted molar refractivity (Wildman–Crippen MR) is 103 cm³/mol. The van der Waals surface area contributed by atoms with Gasteiger partial charge in [0.25, 0.3) is 5.89 Å². The molecule has 4 rings (SSSR count). The van der Waals surface area contributed by atoms with Crippen molar-refractivity contribution in [2.24, 2.45) is 0 Å². The lowest BCUT2D eigenvalue weighted by molar-refractivity contribution is -0.116. The number of carbonyl (C=O) groups is 1. The van der Waals surface area contributed by atoms with Crippen LogP contribution in [0.5, 0.6) is 0 Å². The van der Waals surface area contributed by atoms with Gasteiger partial charge >= 0.3 is 0 Å². The summed E-state index contributed by atoms with van der Waals surface area (Å²) in [6.45, 7) is 2.09. The van der Waals surface area contributed by atoms with Gasteiger partial charge in [0.05, 0.1) is 0 Å². The summed E-state index contributed by atoms with van der Waals surface area (Å²) in [5.74, 6) is 0.139. The molecule has 0 fully saturated rings. The first kappa shape index (κ1) is 17.7. The van der Waals surface area contributed by atoms with Crippen LogP contribution in [-0.2, 0) is 11.3 Å². The number of halogens is 1.